The molecule has 0 aliphatic carbocycles. The summed E-state index contributed by atoms with van der Waals surface area (Å²) in [5.74, 6) is -0.263. The highest BCUT2D eigenvalue weighted by atomic mass is 16.3. The van der Waals surface area contributed by atoms with Crippen LogP contribution in [-0.4, -0.2) is 40.2 Å². The smallest absolute Gasteiger partial charge is 0.254 e. The molecule has 0 heterocycles. The van der Waals surface area contributed by atoms with Crippen LogP contribution in [0.2, 0.25) is 0 Å². The van der Waals surface area contributed by atoms with Gasteiger partial charge in [0.1, 0.15) is 5.75 Å². The number of amides is 1. The van der Waals surface area contributed by atoms with Gasteiger partial charge in [-0.15, -0.1) is 0 Å². The molecule has 1 rings (SSSR count). The van der Waals surface area contributed by atoms with E-state index in [-0.39, 0.29) is 30.0 Å². The summed E-state index contributed by atoms with van der Waals surface area (Å²) in [4.78, 5) is 13.9. The second kappa shape index (κ2) is 6.26. The molecule has 18 heavy (non-hydrogen) atoms. The molecule has 0 radical (unpaired) electrons. The molecule has 0 bridgehead atoms. The molecule has 4 N–H and O–H groups in total. The summed E-state index contributed by atoms with van der Waals surface area (Å²) in [5.41, 5.74) is 6.14. The van der Waals surface area contributed by atoms with E-state index in [4.69, 9.17) is 10.8 Å². The molecule has 5 heteroatoms. The third kappa shape index (κ3) is 3.37. The Bertz CT molecular complexity index is 419. The Morgan fingerprint density at radius 2 is 2.11 bits per heavy atom. The summed E-state index contributed by atoms with van der Waals surface area (Å²) in [6.07, 6.45) is 0.533. The quantitative estimate of drug-likeness (QED) is 0.543. The standard InChI is InChI=1S/C13H20N2O3/c1-9(2)15(6-3-7-16)13(18)10-4-5-11(14)12(17)8-10/h4-5,8-9,16-17H,3,6-7,14H2,1-2H3. The van der Waals surface area contributed by atoms with E-state index in [0.717, 1.165) is 0 Å². The van der Waals surface area contributed by atoms with E-state index in [1.54, 1.807) is 11.0 Å². The van der Waals surface area contributed by atoms with Crippen LogP contribution in [0.4, 0.5) is 5.69 Å². The maximum atomic E-state index is 12.2. The van der Waals surface area contributed by atoms with Gasteiger partial charge in [-0.25, -0.2) is 0 Å². The molecule has 1 amide bonds. The molecular formula is C13H20N2O3. The Hall–Kier alpha value is -1.75. The van der Waals surface area contributed by atoms with Gasteiger partial charge < -0.3 is 20.8 Å². The summed E-state index contributed by atoms with van der Waals surface area (Å²) in [7, 11) is 0. The highest BCUT2D eigenvalue weighted by Crippen LogP contribution is 2.22. The van der Waals surface area contributed by atoms with Crippen LogP contribution in [-0.2, 0) is 0 Å². The predicted molar refractivity (Wildman–Crippen MR) is 70.4 cm³/mol. The lowest BCUT2D eigenvalue weighted by Gasteiger charge is -2.26. The van der Waals surface area contributed by atoms with Crippen LogP contribution in [0.25, 0.3) is 0 Å². The third-order valence-corrected chi connectivity index (χ3v) is 2.72. The molecule has 0 saturated heterocycles. The van der Waals surface area contributed by atoms with E-state index in [2.05, 4.69) is 0 Å². The first-order chi connectivity index (χ1) is 8.47. The van der Waals surface area contributed by atoms with Crippen molar-refractivity contribution < 1.29 is 15.0 Å². The van der Waals surface area contributed by atoms with Gasteiger partial charge in [-0.05, 0) is 38.5 Å². The number of rotatable bonds is 5. The average Bonchev–Trinajstić information content (AvgIpc) is 2.32. The number of phenols is 1. The van der Waals surface area contributed by atoms with Crippen LogP contribution >= 0.6 is 0 Å². The molecule has 1 aromatic rings. The van der Waals surface area contributed by atoms with E-state index in [0.29, 0.717) is 18.5 Å². The van der Waals surface area contributed by atoms with Crippen LogP contribution in [0.3, 0.4) is 0 Å². The van der Waals surface area contributed by atoms with Crippen molar-refractivity contribution in [1.82, 2.24) is 4.90 Å². The van der Waals surface area contributed by atoms with Crippen molar-refractivity contribution in [3.05, 3.63) is 23.8 Å². The first-order valence-corrected chi connectivity index (χ1v) is 5.97. The van der Waals surface area contributed by atoms with Gasteiger partial charge >= 0.3 is 0 Å². The molecule has 0 spiro atoms. The average molecular weight is 252 g/mol. The third-order valence-electron chi connectivity index (χ3n) is 2.72. The monoisotopic (exact) mass is 252 g/mol. The fourth-order valence-electron chi connectivity index (χ4n) is 1.68. The minimum absolute atomic E-state index is 0.0312. The minimum Gasteiger partial charge on any atom is -0.506 e. The fourth-order valence-corrected chi connectivity index (χ4v) is 1.68. The molecule has 0 unspecified atom stereocenters. The van der Waals surface area contributed by atoms with Crippen LogP contribution in [0.1, 0.15) is 30.6 Å². The number of carbonyl (C=O) groups excluding carboxylic acids is 1. The molecule has 0 aromatic heterocycles. The first-order valence-electron chi connectivity index (χ1n) is 5.97. The topological polar surface area (TPSA) is 86.8 Å². The van der Waals surface area contributed by atoms with Crippen LogP contribution in [0.5, 0.6) is 5.75 Å². The largest absolute Gasteiger partial charge is 0.506 e. The van der Waals surface area contributed by atoms with E-state index in [1.807, 2.05) is 13.8 Å². The van der Waals surface area contributed by atoms with E-state index in [9.17, 15) is 9.90 Å². The number of hydrogen-bond donors (Lipinski definition) is 3. The van der Waals surface area contributed by atoms with E-state index >= 15 is 0 Å². The summed E-state index contributed by atoms with van der Waals surface area (Å²) in [5, 5.41) is 18.3. The van der Waals surface area contributed by atoms with Gasteiger partial charge in [0.2, 0.25) is 0 Å². The summed E-state index contributed by atoms with van der Waals surface area (Å²) in [6.45, 7) is 4.35. The van der Waals surface area contributed by atoms with Crippen LogP contribution in [0, 0.1) is 0 Å². The lowest BCUT2D eigenvalue weighted by atomic mass is 10.1. The van der Waals surface area contributed by atoms with Gasteiger partial charge in [-0.2, -0.15) is 0 Å². The van der Waals surface area contributed by atoms with E-state index < -0.39 is 0 Å². The molecule has 0 aliphatic heterocycles. The Balaban J connectivity index is 2.91. The molecule has 1 aromatic carbocycles. The van der Waals surface area contributed by atoms with Crippen LogP contribution < -0.4 is 5.73 Å². The van der Waals surface area contributed by atoms with E-state index in [1.165, 1.54) is 12.1 Å². The number of nitrogen functional groups attached to an aromatic ring is 1. The fraction of sp³-hybridized carbons (Fsp3) is 0.462. The van der Waals surface area contributed by atoms with Crippen molar-refractivity contribution in [1.29, 1.82) is 0 Å². The van der Waals surface area contributed by atoms with Gasteiger partial charge in [0, 0.05) is 24.8 Å². The van der Waals surface area contributed by atoms with Crippen molar-refractivity contribution >= 4 is 11.6 Å². The van der Waals surface area contributed by atoms with Gasteiger partial charge in [0.05, 0.1) is 5.69 Å². The Labute approximate surface area is 107 Å². The molecule has 0 atom stereocenters. The predicted octanol–water partition coefficient (Wildman–Crippen LogP) is 1.21. The molecular weight excluding hydrogens is 232 g/mol. The van der Waals surface area contributed by atoms with Gasteiger partial charge in [0.25, 0.3) is 5.91 Å². The SMILES string of the molecule is CC(C)N(CCCO)C(=O)c1ccc(N)c(O)c1. The normalized spacial score (nSPS) is 10.7. The number of nitrogens with two attached hydrogens (primary N) is 1. The lowest BCUT2D eigenvalue weighted by Crippen LogP contribution is -2.38. The number of nitrogens with zero attached hydrogens (tertiary/aromatic N) is 1. The van der Waals surface area contributed by atoms with Crippen molar-refractivity contribution in [2.45, 2.75) is 26.3 Å². The lowest BCUT2D eigenvalue weighted by molar-refractivity contribution is 0.0692. The Morgan fingerprint density at radius 3 is 2.61 bits per heavy atom. The van der Waals surface area contributed by atoms with Crippen molar-refractivity contribution in [3.8, 4) is 5.75 Å². The first kappa shape index (κ1) is 14.3. The van der Waals surface area contributed by atoms with Crippen LogP contribution in [0.15, 0.2) is 18.2 Å². The second-order valence-corrected chi connectivity index (χ2v) is 4.44. The number of aromatic hydroxyl groups is 1. The number of hydrogen-bond acceptors (Lipinski definition) is 4. The van der Waals surface area contributed by atoms with Crippen molar-refractivity contribution in [3.63, 3.8) is 0 Å². The number of aliphatic hydroxyl groups excluding tert-OH is 1. The maximum absolute atomic E-state index is 12.2. The number of benzene rings is 1. The highest BCUT2D eigenvalue weighted by molar-refractivity contribution is 5.95. The number of phenolic OH excluding ortho intramolecular Hbond substituents is 1. The molecule has 0 fully saturated rings. The van der Waals surface area contributed by atoms with Crippen molar-refractivity contribution in [2.24, 2.45) is 0 Å². The van der Waals surface area contributed by atoms with Gasteiger partial charge in [0.15, 0.2) is 0 Å². The van der Waals surface area contributed by atoms with Gasteiger partial charge in [-0.3, -0.25) is 4.79 Å². The number of carbonyl (C=O) groups is 1. The Morgan fingerprint density at radius 1 is 1.44 bits per heavy atom. The maximum Gasteiger partial charge on any atom is 0.254 e. The molecule has 100 valence electrons. The number of anilines is 1. The number of aliphatic hydroxyl groups is 1. The minimum atomic E-state index is -0.172. The molecule has 0 saturated carbocycles. The zero-order valence-corrected chi connectivity index (χ0v) is 10.8. The summed E-state index contributed by atoms with van der Waals surface area (Å²) >= 11 is 0. The molecule has 5 nitrogen and oxygen atoms in total. The highest BCUT2D eigenvalue weighted by Gasteiger charge is 2.18. The van der Waals surface area contributed by atoms with Crippen molar-refractivity contribution in [2.75, 3.05) is 18.9 Å². The molecule has 0 aliphatic rings. The zero-order valence-electron chi connectivity index (χ0n) is 10.8. The second-order valence-electron chi connectivity index (χ2n) is 4.44. The summed E-state index contributed by atoms with van der Waals surface area (Å²) < 4.78 is 0. The Kier molecular flexibility index (Phi) is 4.97. The zero-order chi connectivity index (χ0) is 13.7. The van der Waals surface area contributed by atoms with Gasteiger partial charge in [-0.1, -0.05) is 0 Å². The summed E-state index contributed by atoms with van der Waals surface area (Å²) in [6, 6.07) is 4.49.